The van der Waals surface area contributed by atoms with Crippen molar-refractivity contribution in [3.8, 4) is 0 Å². The van der Waals surface area contributed by atoms with Gasteiger partial charge in [0.05, 0.1) is 11.9 Å². The van der Waals surface area contributed by atoms with Gasteiger partial charge in [0.1, 0.15) is 11.9 Å². The van der Waals surface area contributed by atoms with Crippen molar-refractivity contribution >= 4 is 11.7 Å². The van der Waals surface area contributed by atoms with Gasteiger partial charge >= 0.3 is 0 Å². The van der Waals surface area contributed by atoms with Crippen LogP contribution in [0.5, 0.6) is 0 Å². The van der Waals surface area contributed by atoms with Crippen LogP contribution in [-0.4, -0.2) is 15.8 Å². The summed E-state index contributed by atoms with van der Waals surface area (Å²) in [6.07, 6.45) is 8.76. The van der Waals surface area contributed by atoms with E-state index >= 15 is 0 Å². The first-order chi connectivity index (χ1) is 13.1. The number of allylic oxidation sites excluding steroid dienone is 3. The fraction of sp³-hybridized carbons (Fsp3) is 0.0556. The van der Waals surface area contributed by atoms with Gasteiger partial charge in [0.2, 0.25) is 0 Å². The third-order valence-corrected chi connectivity index (χ3v) is 4.15. The quantitative estimate of drug-likeness (QED) is 0.810. The molecule has 0 fully saturated rings. The van der Waals surface area contributed by atoms with E-state index in [0.717, 1.165) is 12.1 Å². The number of carbonyl (C=O) groups is 1. The van der Waals surface area contributed by atoms with Crippen LogP contribution in [-0.2, 0) is 4.79 Å². The zero-order valence-corrected chi connectivity index (χ0v) is 13.7. The molecule has 1 atom stereocenters. The molecule has 136 valence electrons. The fourth-order valence-electron chi connectivity index (χ4n) is 2.91. The standard InChI is InChI=1S/C18H12F3N5O/c19-11-5-4-10(14(20)15(11)21)17-25-16(12-3-1-2-8-26(12)17)18(27)24-13-6-7-22-9-23-13/h1-9,17,25H,(H,22,23,24,27)/p+1. The first kappa shape index (κ1) is 16.8. The van der Waals surface area contributed by atoms with Crippen LogP contribution in [0.1, 0.15) is 11.7 Å². The van der Waals surface area contributed by atoms with Gasteiger partial charge in [-0.3, -0.25) is 15.1 Å². The normalized spacial score (nSPS) is 17.7. The molecule has 27 heavy (non-hydrogen) atoms. The van der Waals surface area contributed by atoms with Gasteiger partial charge in [-0.25, -0.2) is 13.2 Å². The lowest BCUT2D eigenvalue weighted by molar-refractivity contribution is -0.382. The molecule has 9 heteroatoms. The van der Waals surface area contributed by atoms with Gasteiger partial charge in [-0.2, -0.15) is 0 Å². The smallest absolute Gasteiger partial charge is 0.286 e. The number of nitrogens with one attached hydrogen (secondary N) is 3. The Balaban J connectivity index is 1.68. The molecule has 1 amide bonds. The SMILES string of the molecule is O=C(Nc1cc[nH+]cn1)C1=C2C=CC=CN2C(c2ccc(F)c(F)c2F)N1. The molecule has 2 aliphatic heterocycles. The summed E-state index contributed by atoms with van der Waals surface area (Å²) in [6.45, 7) is 0. The van der Waals surface area contributed by atoms with Crippen LogP contribution in [0.2, 0.25) is 0 Å². The molecule has 0 spiro atoms. The Hall–Kier alpha value is -3.62. The van der Waals surface area contributed by atoms with Crippen LogP contribution in [0, 0.1) is 17.5 Å². The third-order valence-electron chi connectivity index (χ3n) is 4.15. The first-order valence-corrected chi connectivity index (χ1v) is 7.97. The molecule has 0 saturated heterocycles. The van der Waals surface area contributed by atoms with Gasteiger partial charge in [0.25, 0.3) is 18.1 Å². The summed E-state index contributed by atoms with van der Waals surface area (Å²) in [7, 11) is 0. The number of hydrogen-bond acceptors (Lipinski definition) is 4. The molecule has 6 nitrogen and oxygen atoms in total. The van der Waals surface area contributed by atoms with E-state index in [2.05, 4.69) is 20.6 Å². The second kappa shape index (κ2) is 6.60. The lowest BCUT2D eigenvalue weighted by atomic mass is 10.1. The monoisotopic (exact) mass is 372 g/mol. The van der Waals surface area contributed by atoms with Crippen LogP contribution in [0.3, 0.4) is 0 Å². The van der Waals surface area contributed by atoms with Crippen molar-refractivity contribution in [2.45, 2.75) is 6.17 Å². The minimum Gasteiger partial charge on any atom is -0.355 e. The van der Waals surface area contributed by atoms with E-state index in [1.807, 2.05) is 0 Å². The summed E-state index contributed by atoms with van der Waals surface area (Å²) in [5, 5.41) is 5.50. The van der Waals surface area contributed by atoms with E-state index in [1.54, 1.807) is 41.6 Å². The highest BCUT2D eigenvalue weighted by Crippen LogP contribution is 2.35. The number of benzene rings is 1. The van der Waals surface area contributed by atoms with Crippen molar-refractivity contribution in [2.75, 3.05) is 5.32 Å². The van der Waals surface area contributed by atoms with E-state index in [0.29, 0.717) is 11.5 Å². The number of carbonyl (C=O) groups excluding carboxylic acids is 1. The van der Waals surface area contributed by atoms with E-state index in [1.165, 1.54) is 6.33 Å². The number of rotatable bonds is 3. The topological polar surface area (TPSA) is 71.4 Å². The van der Waals surface area contributed by atoms with Crippen LogP contribution >= 0.6 is 0 Å². The molecular weight excluding hydrogens is 359 g/mol. The number of hydrogen-bond donors (Lipinski definition) is 2. The lowest BCUT2D eigenvalue weighted by Gasteiger charge is -2.26. The second-order valence-electron chi connectivity index (χ2n) is 5.78. The summed E-state index contributed by atoms with van der Waals surface area (Å²) in [6, 6.07) is 3.56. The molecule has 2 aliphatic rings. The molecule has 1 unspecified atom stereocenters. The Bertz CT molecular complexity index is 1000. The first-order valence-electron chi connectivity index (χ1n) is 7.97. The predicted octanol–water partition coefficient (Wildman–Crippen LogP) is 2.15. The zero-order chi connectivity index (χ0) is 19.0. The van der Waals surface area contributed by atoms with Crippen molar-refractivity contribution in [1.29, 1.82) is 0 Å². The van der Waals surface area contributed by atoms with Gasteiger partial charge in [0.15, 0.2) is 17.5 Å². The average molecular weight is 372 g/mol. The van der Waals surface area contributed by atoms with E-state index < -0.39 is 29.5 Å². The highest BCUT2D eigenvalue weighted by Gasteiger charge is 2.36. The lowest BCUT2D eigenvalue weighted by Crippen LogP contribution is -2.29. The maximum atomic E-state index is 14.3. The third kappa shape index (κ3) is 2.92. The summed E-state index contributed by atoms with van der Waals surface area (Å²) in [5.74, 6) is -4.33. The van der Waals surface area contributed by atoms with Crippen molar-refractivity contribution in [1.82, 2.24) is 15.2 Å². The number of aromatic nitrogens is 2. The number of halogens is 3. The number of amides is 1. The molecule has 1 aromatic heterocycles. The zero-order valence-electron chi connectivity index (χ0n) is 13.7. The van der Waals surface area contributed by atoms with Crippen LogP contribution in [0.25, 0.3) is 0 Å². The van der Waals surface area contributed by atoms with Crippen molar-refractivity contribution < 1.29 is 22.9 Å². The Kier molecular flexibility index (Phi) is 4.11. The summed E-state index contributed by atoms with van der Waals surface area (Å²) < 4.78 is 41.2. The Morgan fingerprint density at radius 3 is 2.81 bits per heavy atom. The van der Waals surface area contributed by atoms with Gasteiger partial charge in [-0.05, 0) is 29.3 Å². The molecule has 0 bridgehead atoms. The van der Waals surface area contributed by atoms with Gasteiger partial charge in [-0.1, -0.05) is 6.08 Å². The van der Waals surface area contributed by atoms with E-state index in [4.69, 9.17) is 0 Å². The fourth-order valence-corrected chi connectivity index (χ4v) is 2.91. The maximum absolute atomic E-state index is 14.3. The summed E-state index contributed by atoms with van der Waals surface area (Å²) in [4.78, 5) is 20.9. The number of aromatic amines is 1. The van der Waals surface area contributed by atoms with Crippen molar-refractivity contribution in [2.24, 2.45) is 0 Å². The number of nitrogens with zero attached hydrogens (tertiary/aromatic N) is 2. The van der Waals surface area contributed by atoms with Crippen molar-refractivity contribution in [3.05, 3.63) is 89.6 Å². The van der Waals surface area contributed by atoms with Gasteiger partial charge < -0.3 is 10.2 Å². The van der Waals surface area contributed by atoms with Gasteiger partial charge in [-0.15, -0.1) is 0 Å². The van der Waals surface area contributed by atoms with E-state index in [9.17, 15) is 18.0 Å². The molecular formula is C18H13F3N5O+. The van der Waals surface area contributed by atoms with Crippen LogP contribution in [0.4, 0.5) is 19.0 Å². The maximum Gasteiger partial charge on any atom is 0.286 e. The van der Waals surface area contributed by atoms with Crippen molar-refractivity contribution in [3.63, 3.8) is 0 Å². The molecule has 0 radical (unpaired) electrons. The molecule has 0 saturated carbocycles. The molecule has 1 aromatic carbocycles. The number of fused-ring (bicyclic) bond motifs is 1. The molecule has 4 rings (SSSR count). The predicted molar refractivity (Wildman–Crippen MR) is 88.8 cm³/mol. The van der Waals surface area contributed by atoms with Crippen LogP contribution in [0.15, 0.2) is 66.5 Å². The average Bonchev–Trinajstić information content (AvgIpc) is 3.07. The highest BCUT2D eigenvalue weighted by atomic mass is 19.2. The molecule has 3 heterocycles. The Morgan fingerprint density at radius 1 is 1.19 bits per heavy atom. The number of H-pyrrole nitrogens is 1. The molecule has 3 N–H and O–H groups in total. The molecule has 2 aromatic rings. The Morgan fingerprint density at radius 2 is 2.04 bits per heavy atom. The minimum atomic E-state index is -1.56. The summed E-state index contributed by atoms with van der Waals surface area (Å²) >= 11 is 0. The summed E-state index contributed by atoms with van der Waals surface area (Å²) in [5.41, 5.74) is 0.493. The van der Waals surface area contributed by atoms with Gasteiger partial charge in [0, 0.05) is 17.8 Å². The highest BCUT2D eigenvalue weighted by molar-refractivity contribution is 6.04. The largest absolute Gasteiger partial charge is 0.355 e. The minimum absolute atomic E-state index is 0.124. The molecule has 0 aliphatic carbocycles. The Labute approximate surface area is 151 Å². The van der Waals surface area contributed by atoms with Crippen LogP contribution < -0.4 is 15.6 Å². The van der Waals surface area contributed by atoms with E-state index in [-0.39, 0.29) is 11.3 Å². The second-order valence-corrected chi connectivity index (χ2v) is 5.78. The number of anilines is 1.